The van der Waals surface area contributed by atoms with Gasteiger partial charge in [-0.15, -0.1) is 0 Å². The van der Waals surface area contributed by atoms with Crippen LogP contribution in [0.3, 0.4) is 0 Å². The monoisotopic (exact) mass is 412 g/mol. The van der Waals surface area contributed by atoms with Crippen LogP contribution in [-0.4, -0.2) is 33.7 Å². The molecule has 3 rings (SSSR count). The molecule has 1 saturated carbocycles. The maximum atomic E-state index is 12.5. The molecule has 0 saturated heterocycles. The first-order valence-electron chi connectivity index (χ1n) is 9.46. The van der Waals surface area contributed by atoms with Gasteiger partial charge in [0.2, 0.25) is 0 Å². The number of carbonyl (C=O) groups is 2. The number of nitrogens with zero attached hydrogens (tertiary/aromatic N) is 2. The molecular formula is C20H20N4O6. The Morgan fingerprint density at radius 1 is 0.700 bits per heavy atom. The number of benzene rings is 2. The predicted molar refractivity (Wildman–Crippen MR) is 107 cm³/mol. The molecule has 30 heavy (non-hydrogen) atoms. The molecule has 2 amide bonds. The zero-order valence-corrected chi connectivity index (χ0v) is 15.9. The third kappa shape index (κ3) is 4.96. The number of hydrogen-bond acceptors (Lipinski definition) is 6. The number of nitrogens with one attached hydrogen (secondary N) is 2. The number of non-ortho nitro benzene ring substituents is 2. The van der Waals surface area contributed by atoms with Crippen LogP contribution >= 0.6 is 0 Å². The molecule has 2 atom stereocenters. The number of nitro benzene ring substituents is 2. The second-order valence-corrected chi connectivity index (χ2v) is 7.05. The summed E-state index contributed by atoms with van der Waals surface area (Å²) in [4.78, 5) is 45.5. The first-order chi connectivity index (χ1) is 14.3. The van der Waals surface area contributed by atoms with E-state index in [4.69, 9.17) is 0 Å². The number of amides is 2. The van der Waals surface area contributed by atoms with Crippen molar-refractivity contribution in [1.29, 1.82) is 0 Å². The molecule has 0 unspecified atom stereocenters. The highest BCUT2D eigenvalue weighted by Crippen LogP contribution is 2.21. The largest absolute Gasteiger partial charge is 0.347 e. The molecule has 0 aromatic heterocycles. The van der Waals surface area contributed by atoms with E-state index in [-0.39, 0.29) is 35.3 Å². The van der Waals surface area contributed by atoms with Crippen LogP contribution in [0.25, 0.3) is 0 Å². The van der Waals surface area contributed by atoms with Gasteiger partial charge >= 0.3 is 0 Å². The van der Waals surface area contributed by atoms with E-state index in [1.165, 1.54) is 48.5 Å². The van der Waals surface area contributed by atoms with Crippen molar-refractivity contribution in [1.82, 2.24) is 10.6 Å². The van der Waals surface area contributed by atoms with E-state index in [0.29, 0.717) is 24.0 Å². The molecule has 0 aliphatic heterocycles. The summed E-state index contributed by atoms with van der Waals surface area (Å²) in [6.07, 6.45) is 3.16. The standard InChI is InChI=1S/C20H20N4O6/c25-19(13-5-9-15(10-6-13)23(27)28)21-17-3-1-2-4-18(17)22-20(26)14-7-11-16(12-8-14)24(29)30/h5-12,17-18H,1-4H2,(H,21,25)(H,22,26)/t17-,18+. The van der Waals surface area contributed by atoms with Crippen molar-refractivity contribution in [2.45, 2.75) is 37.8 Å². The van der Waals surface area contributed by atoms with Crippen LogP contribution in [0.15, 0.2) is 48.5 Å². The summed E-state index contributed by atoms with van der Waals surface area (Å²) >= 11 is 0. The van der Waals surface area contributed by atoms with E-state index in [0.717, 1.165) is 12.8 Å². The van der Waals surface area contributed by atoms with Crippen molar-refractivity contribution in [3.63, 3.8) is 0 Å². The molecular weight excluding hydrogens is 392 g/mol. The van der Waals surface area contributed by atoms with Crippen LogP contribution in [0.4, 0.5) is 11.4 Å². The number of carbonyl (C=O) groups excluding carboxylic acids is 2. The smallest absolute Gasteiger partial charge is 0.269 e. The van der Waals surface area contributed by atoms with Crippen molar-refractivity contribution in [3.8, 4) is 0 Å². The molecule has 1 aliphatic rings. The molecule has 2 aromatic rings. The molecule has 0 spiro atoms. The van der Waals surface area contributed by atoms with Gasteiger partial charge in [0.05, 0.1) is 9.85 Å². The summed E-state index contributed by atoms with van der Waals surface area (Å²) < 4.78 is 0. The van der Waals surface area contributed by atoms with Gasteiger partial charge in [-0.05, 0) is 37.1 Å². The summed E-state index contributed by atoms with van der Waals surface area (Å²) in [6, 6.07) is 10.1. The zero-order valence-electron chi connectivity index (χ0n) is 15.9. The number of nitro groups is 2. The van der Waals surface area contributed by atoms with Crippen molar-refractivity contribution < 1.29 is 19.4 Å². The second kappa shape index (κ2) is 9.12. The minimum absolute atomic E-state index is 0.0996. The van der Waals surface area contributed by atoms with Gasteiger partial charge in [0, 0.05) is 47.5 Å². The lowest BCUT2D eigenvalue weighted by Crippen LogP contribution is -2.53. The summed E-state index contributed by atoms with van der Waals surface area (Å²) in [7, 11) is 0. The Morgan fingerprint density at radius 3 is 1.33 bits per heavy atom. The van der Waals surface area contributed by atoms with Crippen molar-refractivity contribution in [3.05, 3.63) is 79.9 Å². The van der Waals surface area contributed by atoms with Gasteiger partial charge in [0.25, 0.3) is 23.2 Å². The van der Waals surface area contributed by atoms with Crippen LogP contribution in [0, 0.1) is 20.2 Å². The van der Waals surface area contributed by atoms with E-state index in [1.807, 2.05) is 0 Å². The molecule has 0 bridgehead atoms. The maximum Gasteiger partial charge on any atom is 0.269 e. The fourth-order valence-electron chi connectivity index (χ4n) is 3.45. The van der Waals surface area contributed by atoms with Gasteiger partial charge < -0.3 is 10.6 Å². The van der Waals surface area contributed by atoms with E-state index in [9.17, 15) is 29.8 Å². The van der Waals surface area contributed by atoms with Crippen molar-refractivity contribution >= 4 is 23.2 Å². The fourth-order valence-corrected chi connectivity index (χ4v) is 3.45. The Balaban J connectivity index is 1.65. The number of hydrogen-bond donors (Lipinski definition) is 2. The van der Waals surface area contributed by atoms with E-state index >= 15 is 0 Å². The van der Waals surface area contributed by atoms with E-state index in [1.54, 1.807) is 0 Å². The highest BCUT2D eigenvalue weighted by Gasteiger charge is 2.28. The topological polar surface area (TPSA) is 144 Å². The molecule has 1 aliphatic carbocycles. The minimum atomic E-state index is -0.535. The Bertz CT molecular complexity index is 879. The van der Waals surface area contributed by atoms with Crippen LogP contribution in [0.5, 0.6) is 0 Å². The maximum absolute atomic E-state index is 12.5. The average Bonchev–Trinajstić information content (AvgIpc) is 2.75. The van der Waals surface area contributed by atoms with Crippen molar-refractivity contribution in [2.24, 2.45) is 0 Å². The van der Waals surface area contributed by atoms with E-state index in [2.05, 4.69) is 10.6 Å². The Labute approximate surface area is 171 Å². The van der Waals surface area contributed by atoms with Crippen LogP contribution in [-0.2, 0) is 0 Å². The summed E-state index contributed by atoms with van der Waals surface area (Å²) in [6.45, 7) is 0. The lowest BCUT2D eigenvalue weighted by molar-refractivity contribution is -0.385. The van der Waals surface area contributed by atoms with Gasteiger partial charge in [-0.25, -0.2) is 0 Å². The molecule has 0 heterocycles. The Hall–Kier alpha value is -3.82. The van der Waals surface area contributed by atoms with Gasteiger partial charge in [0.1, 0.15) is 0 Å². The molecule has 10 nitrogen and oxygen atoms in total. The molecule has 156 valence electrons. The molecule has 2 aromatic carbocycles. The highest BCUT2D eigenvalue weighted by molar-refractivity contribution is 5.95. The Kier molecular flexibility index (Phi) is 6.35. The lowest BCUT2D eigenvalue weighted by atomic mass is 9.89. The highest BCUT2D eigenvalue weighted by atomic mass is 16.6. The summed E-state index contributed by atoms with van der Waals surface area (Å²) in [5.74, 6) is -0.738. The van der Waals surface area contributed by atoms with Crippen LogP contribution in [0.2, 0.25) is 0 Å². The molecule has 0 radical (unpaired) electrons. The SMILES string of the molecule is O=C(N[C@H]1CCCC[C@H]1NC(=O)c1ccc([N+](=O)[O-])cc1)c1ccc([N+](=O)[O-])cc1. The average molecular weight is 412 g/mol. The predicted octanol–water partition coefficient (Wildman–Crippen LogP) is 2.97. The third-order valence-corrected chi connectivity index (χ3v) is 5.08. The molecule has 10 heteroatoms. The second-order valence-electron chi connectivity index (χ2n) is 7.05. The summed E-state index contributed by atoms with van der Waals surface area (Å²) in [5, 5.41) is 27.3. The van der Waals surface area contributed by atoms with Gasteiger partial charge in [-0.3, -0.25) is 29.8 Å². The van der Waals surface area contributed by atoms with Gasteiger partial charge in [0.15, 0.2) is 0 Å². The molecule has 2 N–H and O–H groups in total. The van der Waals surface area contributed by atoms with Gasteiger partial charge in [-0.2, -0.15) is 0 Å². The normalized spacial score (nSPS) is 18.3. The zero-order chi connectivity index (χ0) is 21.7. The fraction of sp³-hybridized carbons (Fsp3) is 0.300. The van der Waals surface area contributed by atoms with Crippen LogP contribution in [0.1, 0.15) is 46.4 Å². The first kappa shape index (κ1) is 20.9. The number of rotatable bonds is 6. The minimum Gasteiger partial charge on any atom is -0.347 e. The first-order valence-corrected chi connectivity index (χ1v) is 9.46. The van der Waals surface area contributed by atoms with E-state index < -0.39 is 9.85 Å². The third-order valence-electron chi connectivity index (χ3n) is 5.08. The lowest BCUT2D eigenvalue weighted by Gasteiger charge is -2.32. The quantitative estimate of drug-likeness (QED) is 0.551. The van der Waals surface area contributed by atoms with Crippen LogP contribution < -0.4 is 10.6 Å². The van der Waals surface area contributed by atoms with Gasteiger partial charge in [-0.1, -0.05) is 12.8 Å². The Morgan fingerprint density at radius 2 is 1.03 bits per heavy atom. The molecule has 1 fully saturated rings. The van der Waals surface area contributed by atoms with Crippen molar-refractivity contribution in [2.75, 3.05) is 0 Å². The summed E-state index contributed by atoms with van der Waals surface area (Å²) in [5.41, 5.74) is 0.396.